The summed E-state index contributed by atoms with van der Waals surface area (Å²) in [5.74, 6) is 0. The molecule has 3 heteroatoms. The van der Waals surface area contributed by atoms with E-state index in [1.165, 1.54) is 0 Å². The van der Waals surface area contributed by atoms with Gasteiger partial charge in [-0.2, -0.15) is 0 Å². The molecular formula is C10H9N3. The lowest BCUT2D eigenvalue weighted by atomic mass is 10.3. The first-order valence-corrected chi connectivity index (χ1v) is 3.97. The number of hydrogen-bond donors (Lipinski definition) is 0. The van der Waals surface area contributed by atoms with Crippen LogP contribution in [0.4, 0.5) is 0 Å². The quantitative estimate of drug-likeness (QED) is 0.691. The van der Waals surface area contributed by atoms with Crippen LogP contribution in [0.3, 0.4) is 0 Å². The topological polar surface area (TPSA) is 30.7 Å². The minimum atomic E-state index is 0.867. The second-order valence-electron chi connectivity index (χ2n) is 2.61. The molecule has 0 atom stereocenters. The van der Waals surface area contributed by atoms with Crippen molar-refractivity contribution in [1.82, 2.24) is 14.5 Å². The highest BCUT2D eigenvalue weighted by molar-refractivity contribution is 5.46. The summed E-state index contributed by atoms with van der Waals surface area (Å²) in [5.41, 5.74) is 1.91. The lowest BCUT2D eigenvalue weighted by molar-refractivity contribution is 1.04. The molecule has 2 aromatic heterocycles. The van der Waals surface area contributed by atoms with E-state index >= 15 is 0 Å². The molecule has 2 heterocycles. The number of imidazole rings is 1. The van der Waals surface area contributed by atoms with E-state index in [4.69, 9.17) is 0 Å². The first-order valence-electron chi connectivity index (χ1n) is 3.97. The molecule has 0 fully saturated rings. The van der Waals surface area contributed by atoms with Gasteiger partial charge >= 0.3 is 0 Å². The number of rotatable bonds is 2. The lowest BCUT2D eigenvalue weighted by Crippen LogP contribution is -1.91. The van der Waals surface area contributed by atoms with Gasteiger partial charge in [0.1, 0.15) is 0 Å². The van der Waals surface area contributed by atoms with Crippen molar-refractivity contribution in [2.24, 2.45) is 0 Å². The molecular weight excluding hydrogens is 162 g/mol. The molecule has 0 saturated carbocycles. The predicted molar refractivity (Wildman–Crippen MR) is 51.5 cm³/mol. The molecule has 2 rings (SSSR count). The second kappa shape index (κ2) is 3.23. The average molecular weight is 171 g/mol. The van der Waals surface area contributed by atoms with Crippen molar-refractivity contribution in [2.75, 3.05) is 0 Å². The Bertz CT molecular complexity index is 404. The fourth-order valence-corrected chi connectivity index (χ4v) is 1.12. The number of hydrogen-bond acceptors (Lipinski definition) is 2. The Morgan fingerprint density at radius 2 is 2.31 bits per heavy atom. The van der Waals surface area contributed by atoms with E-state index < -0.39 is 0 Å². The third kappa shape index (κ3) is 1.49. The Morgan fingerprint density at radius 3 is 3.00 bits per heavy atom. The fourth-order valence-electron chi connectivity index (χ4n) is 1.12. The van der Waals surface area contributed by atoms with Crippen LogP contribution in [0.5, 0.6) is 0 Å². The highest BCUT2D eigenvalue weighted by Crippen LogP contribution is 2.07. The minimum absolute atomic E-state index is 0.867. The number of pyridine rings is 1. The molecule has 2 aromatic rings. The largest absolute Gasteiger partial charge is 0.306 e. The van der Waals surface area contributed by atoms with Crippen molar-refractivity contribution in [1.29, 1.82) is 0 Å². The van der Waals surface area contributed by atoms with Gasteiger partial charge in [0.25, 0.3) is 0 Å². The minimum Gasteiger partial charge on any atom is -0.306 e. The summed E-state index contributed by atoms with van der Waals surface area (Å²) in [6.07, 6.45) is 8.87. The molecule has 0 saturated heterocycles. The Hall–Kier alpha value is -1.90. The first-order chi connectivity index (χ1) is 6.40. The van der Waals surface area contributed by atoms with Gasteiger partial charge in [-0.15, -0.1) is 0 Å². The van der Waals surface area contributed by atoms with Crippen LogP contribution in [0.1, 0.15) is 5.69 Å². The van der Waals surface area contributed by atoms with Crippen molar-refractivity contribution in [2.45, 2.75) is 0 Å². The van der Waals surface area contributed by atoms with Crippen molar-refractivity contribution in [3.05, 3.63) is 49.3 Å². The number of aromatic nitrogens is 3. The fraction of sp³-hybridized carbons (Fsp3) is 0. The summed E-state index contributed by atoms with van der Waals surface area (Å²) in [5, 5.41) is 0. The Kier molecular flexibility index (Phi) is 1.92. The van der Waals surface area contributed by atoms with Gasteiger partial charge in [-0.3, -0.25) is 4.98 Å². The van der Waals surface area contributed by atoms with Gasteiger partial charge in [0.15, 0.2) is 0 Å². The average Bonchev–Trinajstić information content (AvgIpc) is 2.71. The Labute approximate surface area is 76.4 Å². The summed E-state index contributed by atoms with van der Waals surface area (Å²) in [4.78, 5) is 8.09. The van der Waals surface area contributed by atoms with Crippen LogP contribution < -0.4 is 0 Å². The van der Waals surface area contributed by atoms with Gasteiger partial charge in [0.2, 0.25) is 0 Å². The van der Waals surface area contributed by atoms with Crippen molar-refractivity contribution >= 4 is 6.08 Å². The molecule has 0 aromatic carbocycles. The van der Waals surface area contributed by atoms with E-state index in [1.807, 2.05) is 22.9 Å². The summed E-state index contributed by atoms with van der Waals surface area (Å²) in [7, 11) is 0. The van der Waals surface area contributed by atoms with E-state index in [0.717, 1.165) is 11.4 Å². The van der Waals surface area contributed by atoms with E-state index in [0.29, 0.717) is 0 Å². The van der Waals surface area contributed by atoms with Gasteiger partial charge in [0, 0.05) is 18.6 Å². The van der Waals surface area contributed by atoms with Crippen molar-refractivity contribution in [3.8, 4) is 5.69 Å². The third-order valence-electron chi connectivity index (χ3n) is 1.78. The van der Waals surface area contributed by atoms with Crippen LogP contribution in [0.2, 0.25) is 0 Å². The summed E-state index contributed by atoms with van der Waals surface area (Å²) < 4.78 is 1.93. The van der Waals surface area contributed by atoms with Gasteiger partial charge in [-0.25, -0.2) is 4.98 Å². The van der Waals surface area contributed by atoms with Crippen LogP contribution >= 0.6 is 0 Å². The molecule has 13 heavy (non-hydrogen) atoms. The molecule has 0 spiro atoms. The molecule has 0 N–H and O–H groups in total. The van der Waals surface area contributed by atoms with Crippen molar-refractivity contribution < 1.29 is 0 Å². The maximum Gasteiger partial charge on any atom is 0.0991 e. The molecule has 64 valence electrons. The summed E-state index contributed by atoms with van der Waals surface area (Å²) >= 11 is 0. The molecule has 0 aliphatic rings. The van der Waals surface area contributed by atoms with Gasteiger partial charge < -0.3 is 4.57 Å². The summed E-state index contributed by atoms with van der Waals surface area (Å²) in [6, 6.07) is 3.88. The van der Waals surface area contributed by atoms with Gasteiger partial charge in [-0.1, -0.05) is 6.58 Å². The second-order valence-corrected chi connectivity index (χ2v) is 2.61. The lowest BCUT2D eigenvalue weighted by Gasteiger charge is -2.01. The normalized spacial score (nSPS) is 9.85. The summed E-state index contributed by atoms with van der Waals surface area (Å²) in [6.45, 7) is 3.67. The van der Waals surface area contributed by atoms with E-state index in [2.05, 4.69) is 16.5 Å². The van der Waals surface area contributed by atoms with Crippen LogP contribution in [0.15, 0.2) is 43.6 Å². The van der Waals surface area contributed by atoms with E-state index in [1.54, 1.807) is 24.8 Å². The molecule has 0 amide bonds. The van der Waals surface area contributed by atoms with Crippen LogP contribution in [-0.2, 0) is 0 Å². The maximum absolute atomic E-state index is 4.12. The standard InChI is InChI=1S/C10H9N3/c1-2-9-7-10(3-4-12-9)13-6-5-11-8-13/h2-8H,1H2. The highest BCUT2D eigenvalue weighted by atomic mass is 15.0. The Balaban J connectivity index is 2.47. The smallest absolute Gasteiger partial charge is 0.0991 e. The maximum atomic E-state index is 4.12. The van der Waals surface area contributed by atoms with Gasteiger partial charge in [0.05, 0.1) is 17.7 Å². The first kappa shape index (κ1) is 7.73. The van der Waals surface area contributed by atoms with E-state index in [9.17, 15) is 0 Å². The number of nitrogens with zero attached hydrogens (tertiary/aromatic N) is 3. The third-order valence-corrected chi connectivity index (χ3v) is 1.78. The molecule has 0 unspecified atom stereocenters. The predicted octanol–water partition coefficient (Wildman–Crippen LogP) is 1.91. The molecule has 0 radical (unpaired) electrons. The molecule has 0 aliphatic carbocycles. The van der Waals surface area contributed by atoms with Gasteiger partial charge in [-0.05, 0) is 18.2 Å². The molecule has 0 bridgehead atoms. The zero-order valence-electron chi connectivity index (χ0n) is 7.09. The van der Waals surface area contributed by atoms with Crippen LogP contribution in [-0.4, -0.2) is 14.5 Å². The zero-order valence-corrected chi connectivity index (χ0v) is 7.09. The molecule has 3 nitrogen and oxygen atoms in total. The zero-order chi connectivity index (χ0) is 9.10. The van der Waals surface area contributed by atoms with Crippen LogP contribution in [0.25, 0.3) is 11.8 Å². The highest BCUT2D eigenvalue weighted by Gasteiger charge is 1.95. The van der Waals surface area contributed by atoms with Crippen LogP contribution in [0, 0.1) is 0 Å². The van der Waals surface area contributed by atoms with E-state index in [-0.39, 0.29) is 0 Å². The Morgan fingerprint density at radius 1 is 1.38 bits per heavy atom. The molecule has 0 aliphatic heterocycles. The monoisotopic (exact) mass is 171 g/mol. The van der Waals surface area contributed by atoms with Crippen molar-refractivity contribution in [3.63, 3.8) is 0 Å². The SMILES string of the molecule is C=Cc1cc(-n2ccnc2)ccn1.